The van der Waals surface area contributed by atoms with Gasteiger partial charge in [0.1, 0.15) is 30.3 Å². The van der Waals surface area contributed by atoms with E-state index < -0.39 is 0 Å². The van der Waals surface area contributed by atoms with Crippen LogP contribution < -0.4 is 4.74 Å². The molecule has 0 saturated heterocycles. The average Bonchev–Trinajstić information content (AvgIpc) is 3.43. The van der Waals surface area contributed by atoms with E-state index in [1.54, 1.807) is 12.4 Å². The van der Waals surface area contributed by atoms with Crippen LogP contribution in [-0.2, 0) is 28.8 Å². The quantitative estimate of drug-likeness (QED) is 0.573. The van der Waals surface area contributed by atoms with E-state index in [0.717, 1.165) is 46.8 Å². The van der Waals surface area contributed by atoms with Gasteiger partial charge in [-0.1, -0.05) is 6.08 Å². The summed E-state index contributed by atoms with van der Waals surface area (Å²) >= 11 is 0. The van der Waals surface area contributed by atoms with Gasteiger partial charge in [-0.3, -0.25) is 9.20 Å². The number of carbonyl (C=O) groups excluding carboxylic acids is 1. The number of nitrogens with zero attached hydrogens (tertiary/aromatic N) is 5. The molecular weight excluding hydrogens is 425 g/mol. The third-order valence-electron chi connectivity index (χ3n) is 6.36. The van der Waals surface area contributed by atoms with Gasteiger partial charge in [-0.2, -0.15) is 0 Å². The number of benzene rings is 1. The zero-order valence-electron chi connectivity index (χ0n) is 18.6. The van der Waals surface area contributed by atoms with Crippen LogP contribution in [0.25, 0.3) is 11.2 Å². The van der Waals surface area contributed by atoms with Gasteiger partial charge in [0.2, 0.25) is 5.91 Å². The van der Waals surface area contributed by atoms with E-state index in [2.05, 4.69) is 16.3 Å². The van der Waals surface area contributed by atoms with Crippen LogP contribution >= 0.6 is 0 Å². The molecule has 0 N–H and O–H groups in total. The standard InChI is InChI=1S/C24H26FN5O3/c1-32-14-23(31)29-10-2-3-16(8-11-29)19-13-26-22(30-15-27-28-24(19)30)7-4-17-18-9-12-33-21(18)6-5-20(17)25/h3,5-6,13,15H,2,4,7-12,14H2,1H3. The SMILES string of the molecule is COCC(=O)N1CCC=C(c2cnc(CCc3c(F)ccc4c3CCO4)n3cnnc23)CC1. The van der Waals surface area contributed by atoms with Crippen molar-refractivity contribution in [1.82, 2.24) is 24.5 Å². The first-order valence-corrected chi connectivity index (χ1v) is 11.2. The highest BCUT2D eigenvalue weighted by Crippen LogP contribution is 2.31. The summed E-state index contributed by atoms with van der Waals surface area (Å²) in [6.45, 7) is 1.97. The van der Waals surface area contributed by atoms with Gasteiger partial charge in [-0.05, 0) is 42.5 Å². The second kappa shape index (κ2) is 9.27. The number of hydrogen-bond donors (Lipinski definition) is 0. The Balaban J connectivity index is 1.36. The van der Waals surface area contributed by atoms with Crippen molar-refractivity contribution in [3.05, 3.63) is 59.1 Å². The van der Waals surface area contributed by atoms with Gasteiger partial charge in [-0.15, -0.1) is 10.2 Å². The summed E-state index contributed by atoms with van der Waals surface area (Å²) in [7, 11) is 1.53. The highest BCUT2D eigenvalue weighted by molar-refractivity contribution is 5.79. The van der Waals surface area contributed by atoms with Crippen LogP contribution in [0.2, 0.25) is 0 Å². The minimum atomic E-state index is -0.202. The Kier molecular flexibility index (Phi) is 6.04. The molecule has 2 aromatic heterocycles. The number of methoxy groups -OCH3 is 1. The highest BCUT2D eigenvalue weighted by atomic mass is 19.1. The molecule has 0 aliphatic carbocycles. The fraction of sp³-hybridized carbons (Fsp3) is 0.417. The molecule has 0 saturated carbocycles. The van der Waals surface area contributed by atoms with Gasteiger partial charge in [0.05, 0.1) is 6.61 Å². The van der Waals surface area contributed by atoms with Gasteiger partial charge >= 0.3 is 0 Å². The molecule has 2 aliphatic heterocycles. The van der Waals surface area contributed by atoms with Crippen molar-refractivity contribution in [2.75, 3.05) is 33.4 Å². The highest BCUT2D eigenvalue weighted by Gasteiger charge is 2.22. The van der Waals surface area contributed by atoms with Gasteiger partial charge in [0.15, 0.2) is 5.65 Å². The molecule has 5 rings (SSSR count). The molecule has 0 fully saturated rings. The van der Waals surface area contributed by atoms with Crippen molar-refractivity contribution >= 4 is 17.1 Å². The van der Waals surface area contributed by atoms with Crippen LogP contribution in [0.5, 0.6) is 5.75 Å². The van der Waals surface area contributed by atoms with Crippen LogP contribution in [0, 0.1) is 5.82 Å². The van der Waals surface area contributed by atoms with Crippen LogP contribution in [-0.4, -0.2) is 63.8 Å². The molecule has 3 aromatic rings. The molecule has 1 aromatic carbocycles. The summed E-state index contributed by atoms with van der Waals surface area (Å²) in [6.07, 6.45) is 8.91. The van der Waals surface area contributed by atoms with E-state index in [-0.39, 0.29) is 18.3 Å². The van der Waals surface area contributed by atoms with E-state index in [9.17, 15) is 9.18 Å². The maximum atomic E-state index is 14.5. The second-order valence-electron chi connectivity index (χ2n) is 8.30. The van der Waals surface area contributed by atoms with Gasteiger partial charge in [-0.25, -0.2) is 9.37 Å². The summed E-state index contributed by atoms with van der Waals surface area (Å²) in [5.74, 6) is 1.36. The molecule has 0 bridgehead atoms. The van der Waals surface area contributed by atoms with Crippen LogP contribution in [0.4, 0.5) is 4.39 Å². The number of ether oxygens (including phenoxy) is 2. The molecule has 0 radical (unpaired) electrons. The number of halogens is 1. The van der Waals surface area contributed by atoms with E-state index in [4.69, 9.17) is 14.5 Å². The zero-order valence-corrected chi connectivity index (χ0v) is 18.6. The van der Waals surface area contributed by atoms with E-state index in [1.165, 1.54) is 13.2 Å². The first-order valence-electron chi connectivity index (χ1n) is 11.2. The maximum absolute atomic E-state index is 14.5. The summed E-state index contributed by atoms with van der Waals surface area (Å²) in [6, 6.07) is 3.18. The van der Waals surface area contributed by atoms with E-state index >= 15 is 0 Å². The van der Waals surface area contributed by atoms with Crippen LogP contribution in [0.3, 0.4) is 0 Å². The van der Waals surface area contributed by atoms with Crippen LogP contribution in [0.1, 0.15) is 35.4 Å². The fourth-order valence-electron chi connectivity index (χ4n) is 4.67. The number of carbonyl (C=O) groups is 1. The molecular formula is C24H26FN5O3. The Morgan fingerprint density at radius 3 is 3.03 bits per heavy atom. The van der Waals surface area contributed by atoms with Crippen molar-refractivity contribution in [1.29, 1.82) is 0 Å². The Labute approximate surface area is 191 Å². The Morgan fingerprint density at radius 2 is 2.15 bits per heavy atom. The number of aromatic nitrogens is 4. The Hall–Kier alpha value is -3.33. The predicted molar refractivity (Wildman–Crippen MR) is 119 cm³/mol. The summed E-state index contributed by atoms with van der Waals surface area (Å²) in [4.78, 5) is 18.7. The third kappa shape index (κ3) is 4.20. The van der Waals surface area contributed by atoms with Gasteiger partial charge in [0.25, 0.3) is 0 Å². The summed E-state index contributed by atoms with van der Waals surface area (Å²) < 4.78 is 27.0. The summed E-state index contributed by atoms with van der Waals surface area (Å²) in [5, 5.41) is 8.45. The average molecular weight is 452 g/mol. The molecule has 9 heteroatoms. The number of rotatable bonds is 6. The molecule has 8 nitrogen and oxygen atoms in total. The molecule has 0 unspecified atom stereocenters. The molecule has 4 heterocycles. The van der Waals surface area contributed by atoms with Gasteiger partial charge in [0, 0.05) is 50.4 Å². The molecule has 2 aliphatic rings. The van der Waals surface area contributed by atoms with E-state index in [0.29, 0.717) is 44.5 Å². The number of amides is 1. The minimum Gasteiger partial charge on any atom is -0.493 e. The lowest BCUT2D eigenvalue weighted by Crippen LogP contribution is -2.34. The van der Waals surface area contributed by atoms with Crippen molar-refractivity contribution in [3.63, 3.8) is 0 Å². The number of aryl methyl sites for hydroxylation is 1. The van der Waals surface area contributed by atoms with Crippen molar-refractivity contribution in [2.24, 2.45) is 0 Å². The lowest BCUT2D eigenvalue weighted by atomic mass is 9.99. The van der Waals surface area contributed by atoms with Crippen molar-refractivity contribution < 1.29 is 18.7 Å². The zero-order chi connectivity index (χ0) is 22.8. The fourth-order valence-corrected chi connectivity index (χ4v) is 4.67. The molecule has 172 valence electrons. The predicted octanol–water partition coefficient (Wildman–Crippen LogP) is 2.64. The second-order valence-corrected chi connectivity index (χ2v) is 8.30. The van der Waals surface area contributed by atoms with Crippen molar-refractivity contribution in [2.45, 2.75) is 32.1 Å². The first-order chi connectivity index (χ1) is 16.2. The topological polar surface area (TPSA) is 81.8 Å². The summed E-state index contributed by atoms with van der Waals surface area (Å²) in [5.41, 5.74) is 4.40. The number of hydrogen-bond acceptors (Lipinski definition) is 6. The maximum Gasteiger partial charge on any atom is 0.248 e. The Bertz CT molecular complexity index is 1220. The lowest BCUT2D eigenvalue weighted by molar-refractivity contribution is -0.135. The molecule has 1 amide bonds. The molecule has 0 atom stereocenters. The van der Waals surface area contributed by atoms with Crippen LogP contribution in [0.15, 0.2) is 30.7 Å². The van der Waals surface area contributed by atoms with E-state index in [1.807, 2.05) is 15.5 Å². The molecule has 0 spiro atoms. The smallest absolute Gasteiger partial charge is 0.248 e. The Morgan fingerprint density at radius 1 is 1.24 bits per heavy atom. The first kappa shape index (κ1) is 21.5. The minimum absolute atomic E-state index is 0.00160. The lowest BCUT2D eigenvalue weighted by Gasteiger charge is -2.20. The third-order valence-corrected chi connectivity index (χ3v) is 6.36. The normalized spacial score (nSPS) is 15.8. The number of fused-ring (bicyclic) bond motifs is 2. The monoisotopic (exact) mass is 451 g/mol. The largest absolute Gasteiger partial charge is 0.493 e. The van der Waals surface area contributed by atoms with Crippen molar-refractivity contribution in [3.8, 4) is 5.75 Å². The van der Waals surface area contributed by atoms with Gasteiger partial charge < -0.3 is 14.4 Å². The molecule has 33 heavy (non-hydrogen) atoms.